The van der Waals surface area contributed by atoms with E-state index in [0.29, 0.717) is 13.1 Å². The summed E-state index contributed by atoms with van der Waals surface area (Å²) in [6, 6.07) is 19.5. The number of hydrogen-bond donors (Lipinski definition) is 2. The van der Waals surface area contributed by atoms with E-state index in [1.54, 1.807) is 6.20 Å². The van der Waals surface area contributed by atoms with Crippen molar-refractivity contribution in [1.29, 1.82) is 0 Å². The van der Waals surface area contributed by atoms with Gasteiger partial charge in [-0.1, -0.05) is 60.7 Å². The van der Waals surface area contributed by atoms with Crippen LogP contribution >= 0.6 is 0 Å². The maximum absolute atomic E-state index is 11.7. The molecule has 0 heterocycles. The highest BCUT2D eigenvalue weighted by Gasteiger charge is 2.06. The van der Waals surface area contributed by atoms with Gasteiger partial charge in [0.15, 0.2) is 5.78 Å². The lowest BCUT2D eigenvalue weighted by molar-refractivity contribution is -0.126. The molecule has 1 amide bonds. The molecule has 0 fully saturated rings. The Labute approximate surface area is 136 Å². The van der Waals surface area contributed by atoms with E-state index in [-0.39, 0.29) is 18.1 Å². The summed E-state index contributed by atoms with van der Waals surface area (Å²) in [6.07, 6.45) is 2.83. The zero-order valence-corrected chi connectivity index (χ0v) is 12.9. The molecule has 0 aromatic heterocycles. The Morgan fingerprint density at radius 2 is 1.39 bits per heavy atom. The van der Waals surface area contributed by atoms with E-state index in [1.165, 1.54) is 6.08 Å². The SMILES string of the molecule is O=C(/C=C\NCc1ccccc1)CC(=O)NCc1ccccc1. The average Bonchev–Trinajstić information content (AvgIpc) is 2.59. The standard InChI is InChI=1S/C19H20N2O2/c22-18(11-12-20-14-16-7-3-1-4-8-16)13-19(23)21-15-17-9-5-2-6-10-17/h1-12,20H,13-15H2,(H,21,23)/b12-11-. The summed E-state index contributed by atoms with van der Waals surface area (Å²) < 4.78 is 0. The normalized spacial score (nSPS) is 10.4. The molecular formula is C19H20N2O2. The topological polar surface area (TPSA) is 58.2 Å². The van der Waals surface area contributed by atoms with E-state index < -0.39 is 0 Å². The van der Waals surface area contributed by atoms with E-state index in [4.69, 9.17) is 0 Å². The van der Waals surface area contributed by atoms with Crippen molar-refractivity contribution < 1.29 is 9.59 Å². The lowest BCUT2D eigenvalue weighted by atomic mass is 10.2. The third-order valence-electron chi connectivity index (χ3n) is 3.20. The zero-order valence-electron chi connectivity index (χ0n) is 12.9. The second-order valence-corrected chi connectivity index (χ2v) is 5.11. The molecule has 0 aliphatic carbocycles. The summed E-state index contributed by atoms with van der Waals surface area (Å²) in [7, 11) is 0. The molecule has 0 unspecified atom stereocenters. The van der Waals surface area contributed by atoms with Crippen molar-refractivity contribution in [2.45, 2.75) is 19.5 Å². The van der Waals surface area contributed by atoms with Crippen LogP contribution in [0.1, 0.15) is 17.5 Å². The van der Waals surface area contributed by atoms with Crippen LogP contribution in [0, 0.1) is 0 Å². The average molecular weight is 308 g/mol. The summed E-state index contributed by atoms with van der Waals surface area (Å²) in [5.41, 5.74) is 2.14. The van der Waals surface area contributed by atoms with Crippen LogP contribution < -0.4 is 10.6 Å². The van der Waals surface area contributed by atoms with Crippen molar-refractivity contribution in [3.05, 3.63) is 84.1 Å². The highest BCUT2D eigenvalue weighted by Crippen LogP contribution is 1.98. The predicted molar refractivity (Wildman–Crippen MR) is 90.3 cm³/mol. The van der Waals surface area contributed by atoms with Gasteiger partial charge in [0.1, 0.15) is 0 Å². The second kappa shape index (κ2) is 9.20. The molecule has 2 aromatic carbocycles. The lowest BCUT2D eigenvalue weighted by Crippen LogP contribution is -2.24. The number of carbonyl (C=O) groups excluding carboxylic acids is 2. The molecular weight excluding hydrogens is 288 g/mol. The van der Waals surface area contributed by atoms with Crippen LogP contribution in [0.5, 0.6) is 0 Å². The molecule has 23 heavy (non-hydrogen) atoms. The van der Waals surface area contributed by atoms with Crippen LogP contribution in [-0.2, 0) is 22.7 Å². The predicted octanol–water partition coefficient (Wildman–Crippen LogP) is 2.57. The zero-order chi connectivity index (χ0) is 16.3. The lowest BCUT2D eigenvalue weighted by Gasteiger charge is -2.04. The van der Waals surface area contributed by atoms with E-state index >= 15 is 0 Å². The maximum Gasteiger partial charge on any atom is 0.228 e. The minimum Gasteiger partial charge on any atom is -0.387 e. The first-order valence-corrected chi connectivity index (χ1v) is 7.51. The van der Waals surface area contributed by atoms with Crippen LogP contribution in [0.4, 0.5) is 0 Å². The van der Waals surface area contributed by atoms with Gasteiger partial charge < -0.3 is 10.6 Å². The molecule has 2 rings (SSSR count). The first-order chi connectivity index (χ1) is 11.2. The number of carbonyl (C=O) groups is 2. The molecule has 0 saturated heterocycles. The van der Waals surface area contributed by atoms with Crippen LogP contribution in [-0.4, -0.2) is 11.7 Å². The quantitative estimate of drug-likeness (QED) is 0.582. The molecule has 2 N–H and O–H groups in total. The van der Waals surface area contributed by atoms with Gasteiger partial charge in [-0.3, -0.25) is 9.59 Å². The Balaban J connectivity index is 1.65. The Morgan fingerprint density at radius 3 is 2.00 bits per heavy atom. The molecule has 2 aromatic rings. The van der Waals surface area contributed by atoms with Gasteiger partial charge >= 0.3 is 0 Å². The highest BCUT2D eigenvalue weighted by molar-refractivity contribution is 6.03. The number of amides is 1. The number of ketones is 1. The van der Waals surface area contributed by atoms with Gasteiger partial charge in [0.05, 0.1) is 6.42 Å². The number of rotatable bonds is 8. The monoisotopic (exact) mass is 308 g/mol. The molecule has 118 valence electrons. The van der Waals surface area contributed by atoms with Crippen molar-refractivity contribution in [2.75, 3.05) is 0 Å². The maximum atomic E-state index is 11.7. The molecule has 0 radical (unpaired) electrons. The fraction of sp³-hybridized carbons (Fsp3) is 0.158. The Morgan fingerprint density at radius 1 is 0.826 bits per heavy atom. The molecule has 0 atom stereocenters. The summed E-state index contributed by atoms with van der Waals surface area (Å²) in [4.78, 5) is 23.4. The molecule has 0 bridgehead atoms. The highest BCUT2D eigenvalue weighted by atomic mass is 16.2. The van der Waals surface area contributed by atoms with Gasteiger partial charge in [-0.25, -0.2) is 0 Å². The van der Waals surface area contributed by atoms with Gasteiger partial charge in [-0.2, -0.15) is 0 Å². The Hall–Kier alpha value is -2.88. The van der Waals surface area contributed by atoms with Crippen molar-refractivity contribution in [2.24, 2.45) is 0 Å². The van der Waals surface area contributed by atoms with E-state index in [0.717, 1.165) is 11.1 Å². The Bertz CT molecular complexity index is 652. The number of hydrogen-bond acceptors (Lipinski definition) is 3. The summed E-state index contributed by atoms with van der Waals surface area (Å²) >= 11 is 0. The van der Waals surface area contributed by atoms with Gasteiger partial charge in [0.2, 0.25) is 5.91 Å². The fourth-order valence-electron chi connectivity index (χ4n) is 2.00. The summed E-state index contributed by atoms with van der Waals surface area (Å²) in [5.74, 6) is -0.498. The second-order valence-electron chi connectivity index (χ2n) is 5.11. The van der Waals surface area contributed by atoms with E-state index in [2.05, 4.69) is 10.6 Å². The third kappa shape index (κ3) is 6.61. The molecule has 4 nitrogen and oxygen atoms in total. The minimum absolute atomic E-state index is 0.143. The molecule has 4 heteroatoms. The van der Waals surface area contributed by atoms with Gasteiger partial charge in [0, 0.05) is 19.3 Å². The van der Waals surface area contributed by atoms with Crippen molar-refractivity contribution in [3.8, 4) is 0 Å². The number of allylic oxidation sites excluding steroid dienone is 1. The van der Waals surface area contributed by atoms with Crippen LogP contribution in [0.25, 0.3) is 0 Å². The molecule has 0 aliphatic heterocycles. The fourth-order valence-corrected chi connectivity index (χ4v) is 2.00. The smallest absolute Gasteiger partial charge is 0.228 e. The molecule has 0 aliphatic rings. The van der Waals surface area contributed by atoms with E-state index in [1.807, 2.05) is 60.7 Å². The van der Waals surface area contributed by atoms with Gasteiger partial charge in [0.25, 0.3) is 0 Å². The molecule has 0 spiro atoms. The van der Waals surface area contributed by atoms with Crippen LogP contribution in [0.3, 0.4) is 0 Å². The van der Waals surface area contributed by atoms with Crippen LogP contribution in [0.2, 0.25) is 0 Å². The largest absolute Gasteiger partial charge is 0.387 e. The van der Waals surface area contributed by atoms with Crippen LogP contribution in [0.15, 0.2) is 72.9 Å². The minimum atomic E-state index is -0.272. The number of benzene rings is 2. The van der Waals surface area contributed by atoms with E-state index in [9.17, 15) is 9.59 Å². The Kier molecular flexibility index (Phi) is 6.60. The number of nitrogens with one attached hydrogen (secondary N) is 2. The first kappa shape index (κ1) is 16.5. The van der Waals surface area contributed by atoms with Gasteiger partial charge in [-0.15, -0.1) is 0 Å². The molecule has 0 saturated carbocycles. The third-order valence-corrected chi connectivity index (χ3v) is 3.20. The van der Waals surface area contributed by atoms with Crippen molar-refractivity contribution >= 4 is 11.7 Å². The summed E-state index contributed by atoms with van der Waals surface area (Å²) in [5, 5.41) is 5.76. The first-order valence-electron chi connectivity index (χ1n) is 7.51. The van der Waals surface area contributed by atoms with Crippen molar-refractivity contribution in [3.63, 3.8) is 0 Å². The summed E-state index contributed by atoms with van der Waals surface area (Å²) in [6.45, 7) is 1.08. The van der Waals surface area contributed by atoms with Crippen molar-refractivity contribution in [1.82, 2.24) is 10.6 Å². The van der Waals surface area contributed by atoms with Gasteiger partial charge in [-0.05, 0) is 17.2 Å².